The molecule has 8 heteroatoms. The van der Waals surface area contributed by atoms with E-state index in [1.807, 2.05) is 26.0 Å². The third kappa shape index (κ3) is 2.86. The molecule has 7 nitrogen and oxygen atoms in total. The highest BCUT2D eigenvalue weighted by atomic mass is 16.5. The zero-order valence-corrected chi connectivity index (χ0v) is 13.4. The maximum Gasteiger partial charge on any atom is 0.491 e. The van der Waals surface area contributed by atoms with E-state index in [0.29, 0.717) is 41.9 Å². The summed E-state index contributed by atoms with van der Waals surface area (Å²) < 4.78 is 16.4. The van der Waals surface area contributed by atoms with Gasteiger partial charge in [0.1, 0.15) is 18.1 Å². The summed E-state index contributed by atoms with van der Waals surface area (Å²) in [5, 5.41) is 9.74. The van der Waals surface area contributed by atoms with Crippen LogP contribution in [0.4, 0.5) is 0 Å². The van der Waals surface area contributed by atoms with Gasteiger partial charge in [0.2, 0.25) is 11.8 Å². The lowest BCUT2D eigenvalue weighted by atomic mass is 9.79. The highest BCUT2D eigenvalue weighted by molar-refractivity contribution is 6.61. The Morgan fingerprint density at radius 3 is 2.83 bits per heavy atom. The van der Waals surface area contributed by atoms with Crippen molar-refractivity contribution in [1.82, 2.24) is 9.97 Å². The molecule has 0 aliphatic carbocycles. The van der Waals surface area contributed by atoms with Crippen LogP contribution in [0.2, 0.25) is 0 Å². The van der Waals surface area contributed by atoms with Crippen molar-refractivity contribution in [2.75, 3.05) is 6.61 Å². The normalized spacial score (nSPS) is 18.1. The average Bonchev–Trinajstić information content (AvgIpc) is 3.11. The highest BCUT2D eigenvalue weighted by Crippen LogP contribution is 2.22. The first-order valence-electron chi connectivity index (χ1n) is 7.66. The molecular weight excluding hydrogens is 309 g/mol. The van der Waals surface area contributed by atoms with Crippen molar-refractivity contribution in [2.24, 2.45) is 4.99 Å². The number of ether oxygens (including phenoxy) is 2. The predicted octanol–water partition coefficient (Wildman–Crippen LogP) is 1.04. The van der Waals surface area contributed by atoms with Crippen molar-refractivity contribution in [3.63, 3.8) is 0 Å². The summed E-state index contributed by atoms with van der Waals surface area (Å²) in [5.41, 5.74) is 2.01. The lowest BCUT2D eigenvalue weighted by Gasteiger charge is -2.07. The molecule has 4 rings (SSSR count). The van der Waals surface area contributed by atoms with E-state index in [1.165, 1.54) is 6.20 Å². The lowest BCUT2D eigenvalue weighted by molar-refractivity contribution is 0.275. The van der Waals surface area contributed by atoms with E-state index in [2.05, 4.69) is 15.0 Å². The number of rotatable bonds is 3. The fraction of sp³-hybridized carbons (Fsp3) is 0.312. The van der Waals surface area contributed by atoms with Gasteiger partial charge < -0.3 is 19.2 Å². The van der Waals surface area contributed by atoms with E-state index in [9.17, 15) is 5.02 Å². The van der Waals surface area contributed by atoms with Gasteiger partial charge in [0.25, 0.3) is 0 Å². The van der Waals surface area contributed by atoms with E-state index < -0.39 is 7.12 Å². The van der Waals surface area contributed by atoms with Crippen LogP contribution in [0, 0.1) is 0 Å². The third-order valence-electron chi connectivity index (χ3n) is 3.82. The quantitative estimate of drug-likeness (QED) is 0.849. The lowest BCUT2D eigenvalue weighted by Crippen LogP contribution is -2.27. The molecule has 1 aromatic heterocycles. The van der Waals surface area contributed by atoms with E-state index in [4.69, 9.17) is 14.1 Å². The summed E-state index contributed by atoms with van der Waals surface area (Å²) in [5.74, 6) is 1.41. The first-order chi connectivity index (χ1) is 11.5. The summed E-state index contributed by atoms with van der Waals surface area (Å²) in [7, 11) is -0.905. The standard InChI is InChI=1S/C16H16BN3O4/c1-16(2)9-22-15(20-16)13-6-19-14(7-18-13)24-11-4-3-10-8-23-17(21)12(10)5-11/h3-7,21H,8-9H2,1-2H3. The second-order valence-electron chi connectivity index (χ2n) is 6.38. The molecule has 0 saturated heterocycles. The van der Waals surface area contributed by atoms with Crippen molar-refractivity contribution in [3.05, 3.63) is 41.9 Å². The second kappa shape index (κ2) is 5.57. The van der Waals surface area contributed by atoms with Crippen LogP contribution in [0.3, 0.4) is 0 Å². The minimum Gasteiger partial charge on any atom is -0.474 e. The Labute approximate surface area is 139 Å². The summed E-state index contributed by atoms with van der Waals surface area (Å²) in [6.07, 6.45) is 3.09. The fourth-order valence-corrected chi connectivity index (χ4v) is 2.57. The first-order valence-corrected chi connectivity index (χ1v) is 7.66. The maximum absolute atomic E-state index is 9.74. The van der Waals surface area contributed by atoms with Crippen LogP contribution in [0.1, 0.15) is 25.1 Å². The van der Waals surface area contributed by atoms with Crippen LogP contribution < -0.4 is 10.2 Å². The number of nitrogens with zero attached hydrogens (tertiary/aromatic N) is 3. The van der Waals surface area contributed by atoms with E-state index in [0.717, 1.165) is 5.56 Å². The summed E-state index contributed by atoms with van der Waals surface area (Å²) in [6, 6.07) is 5.42. The van der Waals surface area contributed by atoms with Crippen LogP contribution in [-0.2, 0) is 16.0 Å². The number of hydrogen-bond acceptors (Lipinski definition) is 7. The number of aliphatic imine (C=N–C) groups is 1. The molecule has 0 unspecified atom stereocenters. The Hall–Kier alpha value is -2.45. The largest absolute Gasteiger partial charge is 0.491 e. The Morgan fingerprint density at radius 2 is 2.12 bits per heavy atom. The van der Waals surface area contributed by atoms with Gasteiger partial charge in [0.15, 0.2) is 0 Å². The summed E-state index contributed by atoms with van der Waals surface area (Å²) in [6.45, 7) is 4.93. The van der Waals surface area contributed by atoms with Crippen molar-refractivity contribution < 1.29 is 19.2 Å². The molecule has 0 radical (unpaired) electrons. The van der Waals surface area contributed by atoms with Gasteiger partial charge in [-0.05, 0) is 37.0 Å². The van der Waals surface area contributed by atoms with Crippen LogP contribution >= 0.6 is 0 Å². The molecule has 122 valence electrons. The minimum absolute atomic E-state index is 0.237. The van der Waals surface area contributed by atoms with E-state index >= 15 is 0 Å². The maximum atomic E-state index is 9.74. The van der Waals surface area contributed by atoms with Crippen molar-refractivity contribution in [3.8, 4) is 11.6 Å². The van der Waals surface area contributed by atoms with E-state index in [1.54, 1.807) is 12.3 Å². The molecule has 2 aromatic rings. The van der Waals surface area contributed by atoms with Crippen LogP contribution in [0.25, 0.3) is 0 Å². The van der Waals surface area contributed by atoms with Gasteiger partial charge in [-0.3, -0.25) is 0 Å². The number of fused-ring (bicyclic) bond motifs is 1. The Balaban J connectivity index is 1.51. The fourth-order valence-electron chi connectivity index (χ4n) is 2.57. The summed E-state index contributed by atoms with van der Waals surface area (Å²) >= 11 is 0. The van der Waals surface area contributed by atoms with Crippen molar-refractivity contribution >= 4 is 18.5 Å². The molecule has 0 bridgehead atoms. The summed E-state index contributed by atoms with van der Waals surface area (Å²) in [4.78, 5) is 13.0. The molecule has 0 amide bonds. The van der Waals surface area contributed by atoms with Gasteiger partial charge in [-0.25, -0.2) is 15.0 Å². The van der Waals surface area contributed by atoms with Crippen molar-refractivity contribution in [2.45, 2.75) is 26.0 Å². The molecule has 0 saturated carbocycles. The highest BCUT2D eigenvalue weighted by Gasteiger charge is 2.28. The number of aromatic nitrogens is 2. The smallest absolute Gasteiger partial charge is 0.474 e. The van der Waals surface area contributed by atoms with Crippen LogP contribution in [-0.4, -0.2) is 40.2 Å². The third-order valence-corrected chi connectivity index (χ3v) is 3.82. The molecule has 3 heterocycles. The molecule has 24 heavy (non-hydrogen) atoms. The molecule has 0 spiro atoms. The Bertz CT molecular complexity index is 807. The van der Waals surface area contributed by atoms with Gasteiger partial charge >= 0.3 is 7.12 Å². The predicted molar refractivity (Wildman–Crippen MR) is 87.5 cm³/mol. The Kier molecular flexibility index (Phi) is 3.51. The van der Waals surface area contributed by atoms with Gasteiger partial charge in [-0.1, -0.05) is 6.07 Å². The number of hydrogen-bond donors (Lipinski definition) is 1. The van der Waals surface area contributed by atoms with Gasteiger partial charge in [-0.15, -0.1) is 0 Å². The average molecular weight is 325 g/mol. The van der Waals surface area contributed by atoms with Crippen molar-refractivity contribution in [1.29, 1.82) is 0 Å². The molecular formula is C16H16BN3O4. The molecule has 2 aliphatic rings. The molecule has 0 atom stereocenters. The molecule has 1 N–H and O–H groups in total. The molecule has 0 fully saturated rings. The van der Waals surface area contributed by atoms with Crippen LogP contribution in [0.15, 0.2) is 35.6 Å². The minimum atomic E-state index is -0.905. The van der Waals surface area contributed by atoms with Gasteiger partial charge in [0.05, 0.1) is 24.5 Å². The number of benzene rings is 1. The SMILES string of the molecule is CC1(C)COC(c2cnc(Oc3ccc4c(c3)B(O)OC4)cn2)=N1. The van der Waals surface area contributed by atoms with Gasteiger partial charge in [-0.2, -0.15) is 0 Å². The Morgan fingerprint density at radius 1 is 1.25 bits per heavy atom. The molecule has 1 aromatic carbocycles. The second-order valence-corrected chi connectivity index (χ2v) is 6.38. The van der Waals surface area contributed by atoms with E-state index in [-0.39, 0.29) is 5.54 Å². The van der Waals surface area contributed by atoms with Crippen LogP contribution in [0.5, 0.6) is 11.6 Å². The zero-order valence-electron chi connectivity index (χ0n) is 13.4. The van der Waals surface area contributed by atoms with Gasteiger partial charge in [0, 0.05) is 0 Å². The monoisotopic (exact) mass is 325 g/mol. The molecule has 2 aliphatic heterocycles. The topological polar surface area (TPSA) is 86.1 Å². The zero-order chi connectivity index (χ0) is 16.7. The first kappa shape index (κ1) is 15.1.